The van der Waals surface area contributed by atoms with Gasteiger partial charge in [-0.2, -0.15) is 15.8 Å². The van der Waals surface area contributed by atoms with E-state index >= 15 is 0 Å². The minimum absolute atomic E-state index is 0.0479. The van der Waals surface area contributed by atoms with Crippen LogP contribution in [-0.2, 0) is 0 Å². The Morgan fingerprint density at radius 3 is 0.757 bits per heavy atom. The molecule has 0 aliphatic carbocycles. The second-order valence-corrected chi connectivity index (χ2v) is 17.7. The molecule has 0 saturated heterocycles. The first-order chi connectivity index (χ1) is 34.7. The summed E-state index contributed by atoms with van der Waals surface area (Å²) >= 11 is 0. The SMILES string of the molecule is N#Cc1cc(-c2c(-n3c4ccccc4c4ccccc43)c(-n3c4ccccc4c4ccccc43)cc(-n3c4ccccc4c4ccccc43)c2-n2c3ccccc3c3ccccc32)cc(C#N)c1C#N. The predicted molar refractivity (Wildman–Crippen MR) is 283 cm³/mol. The molecule has 7 heteroatoms. The van der Waals surface area contributed by atoms with E-state index in [1.807, 2.05) is 12.1 Å². The van der Waals surface area contributed by atoms with Gasteiger partial charge in [0.2, 0.25) is 0 Å². The first-order valence-electron chi connectivity index (χ1n) is 23.2. The molecule has 322 valence electrons. The molecule has 0 unspecified atom stereocenters. The number of fused-ring (bicyclic) bond motifs is 12. The maximum absolute atomic E-state index is 11.0. The van der Waals surface area contributed by atoms with Crippen molar-refractivity contribution in [1.29, 1.82) is 15.8 Å². The van der Waals surface area contributed by atoms with Gasteiger partial charge < -0.3 is 18.3 Å². The smallest absolute Gasteiger partial charge is 0.102 e. The van der Waals surface area contributed by atoms with E-state index in [0.29, 0.717) is 5.56 Å². The summed E-state index contributed by atoms with van der Waals surface area (Å²) in [7, 11) is 0. The number of nitriles is 3. The van der Waals surface area contributed by atoms with E-state index in [1.165, 1.54) is 0 Å². The molecule has 70 heavy (non-hydrogen) atoms. The third kappa shape index (κ3) is 5.30. The first-order valence-corrected chi connectivity index (χ1v) is 23.2. The molecule has 0 N–H and O–H groups in total. The number of hydrogen-bond acceptors (Lipinski definition) is 3. The lowest BCUT2D eigenvalue weighted by atomic mass is 9.91. The molecule has 0 aliphatic heterocycles. The molecule has 0 saturated carbocycles. The van der Waals surface area contributed by atoms with Crippen LogP contribution in [0.3, 0.4) is 0 Å². The third-order valence-corrected chi connectivity index (χ3v) is 14.3. The molecule has 0 radical (unpaired) electrons. The van der Waals surface area contributed by atoms with E-state index in [1.54, 1.807) is 0 Å². The molecule has 4 heterocycles. The first kappa shape index (κ1) is 39.1. The van der Waals surface area contributed by atoms with Crippen LogP contribution in [-0.4, -0.2) is 18.3 Å². The van der Waals surface area contributed by atoms with Crippen molar-refractivity contribution in [2.45, 2.75) is 0 Å². The van der Waals surface area contributed by atoms with Gasteiger partial charge in [-0.3, -0.25) is 0 Å². The average molecular weight is 890 g/mol. The second kappa shape index (κ2) is 14.9. The van der Waals surface area contributed by atoms with Crippen LogP contribution in [0.2, 0.25) is 0 Å². The Bertz CT molecular complexity index is 4210. The molecule has 0 amide bonds. The molecule has 7 nitrogen and oxygen atoms in total. The van der Waals surface area contributed by atoms with E-state index in [0.717, 1.165) is 116 Å². The topological polar surface area (TPSA) is 91.1 Å². The lowest BCUT2D eigenvalue weighted by Crippen LogP contribution is -2.13. The Hall–Kier alpha value is -10.1. The van der Waals surface area contributed by atoms with Crippen molar-refractivity contribution >= 4 is 87.2 Å². The fourth-order valence-corrected chi connectivity index (χ4v) is 11.5. The van der Waals surface area contributed by atoms with Gasteiger partial charge >= 0.3 is 0 Å². The van der Waals surface area contributed by atoms with Gasteiger partial charge in [-0.05, 0) is 72.3 Å². The van der Waals surface area contributed by atoms with Crippen LogP contribution in [0.15, 0.2) is 212 Å². The zero-order valence-corrected chi connectivity index (χ0v) is 37.3. The summed E-state index contributed by atoms with van der Waals surface area (Å²) in [6.07, 6.45) is 0. The highest BCUT2D eigenvalue weighted by atomic mass is 15.1. The maximum Gasteiger partial charge on any atom is 0.102 e. The fourth-order valence-electron chi connectivity index (χ4n) is 11.5. The van der Waals surface area contributed by atoms with Crippen molar-refractivity contribution in [3.05, 3.63) is 229 Å². The van der Waals surface area contributed by atoms with Gasteiger partial charge in [0.1, 0.15) is 18.2 Å². The van der Waals surface area contributed by atoms with Crippen LogP contribution in [0.1, 0.15) is 16.7 Å². The van der Waals surface area contributed by atoms with Crippen LogP contribution in [0.25, 0.3) is 121 Å². The average Bonchev–Trinajstić information content (AvgIpc) is 4.15. The van der Waals surface area contributed by atoms with Gasteiger partial charge in [0, 0.05) is 48.7 Å². The molecule has 14 aromatic rings. The highest BCUT2D eigenvalue weighted by Crippen LogP contribution is 2.50. The molecule has 0 bridgehead atoms. The minimum atomic E-state index is 0.0479. The molecular formula is C63H35N7. The summed E-state index contributed by atoms with van der Waals surface area (Å²) in [5.74, 6) is 0. The van der Waals surface area contributed by atoms with Crippen molar-refractivity contribution in [3.8, 4) is 52.1 Å². The molecular weight excluding hydrogens is 855 g/mol. The summed E-state index contributed by atoms with van der Waals surface area (Å²) in [4.78, 5) is 0. The monoisotopic (exact) mass is 889 g/mol. The summed E-state index contributed by atoms with van der Waals surface area (Å²) in [5.41, 5.74) is 13.1. The summed E-state index contributed by atoms with van der Waals surface area (Å²) in [5, 5.41) is 41.3. The molecule has 0 aliphatic rings. The predicted octanol–water partition coefficient (Wildman–Crippen LogP) is 15.4. The number of para-hydroxylation sites is 8. The van der Waals surface area contributed by atoms with Crippen LogP contribution < -0.4 is 0 Å². The third-order valence-electron chi connectivity index (χ3n) is 14.3. The largest absolute Gasteiger partial charge is 0.307 e. The van der Waals surface area contributed by atoms with E-state index in [4.69, 9.17) is 0 Å². The number of rotatable bonds is 5. The number of benzene rings is 10. The van der Waals surface area contributed by atoms with Crippen molar-refractivity contribution in [3.63, 3.8) is 0 Å². The number of hydrogen-bond donors (Lipinski definition) is 0. The van der Waals surface area contributed by atoms with Gasteiger partial charge in [-0.15, -0.1) is 0 Å². The van der Waals surface area contributed by atoms with Crippen molar-refractivity contribution < 1.29 is 0 Å². The molecule has 14 rings (SSSR count). The lowest BCUT2D eigenvalue weighted by molar-refractivity contribution is 1.05. The molecule has 10 aromatic carbocycles. The van der Waals surface area contributed by atoms with Gasteiger partial charge in [0.05, 0.1) is 83.6 Å². The molecule has 0 spiro atoms. The summed E-state index contributed by atoms with van der Waals surface area (Å²) < 4.78 is 9.53. The Morgan fingerprint density at radius 1 is 0.271 bits per heavy atom. The number of nitrogens with zero attached hydrogens (tertiary/aromatic N) is 7. The Morgan fingerprint density at radius 2 is 0.514 bits per heavy atom. The van der Waals surface area contributed by atoms with Crippen LogP contribution >= 0.6 is 0 Å². The normalized spacial score (nSPS) is 11.7. The summed E-state index contributed by atoms with van der Waals surface area (Å²) in [6.45, 7) is 0. The van der Waals surface area contributed by atoms with E-state index in [2.05, 4.69) is 237 Å². The van der Waals surface area contributed by atoms with Crippen molar-refractivity contribution in [1.82, 2.24) is 18.3 Å². The second-order valence-electron chi connectivity index (χ2n) is 17.7. The lowest BCUT2D eigenvalue weighted by Gasteiger charge is -2.28. The van der Waals surface area contributed by atoms with Crippen LogP contribution in [0.4, 0.5) is 0 Å². The zero-order valence-electron chi connectivity index (χ0n) is 37.3. The Kier molecular flexibility index (Phi) is 8.34. The summed E-state index contributed by atoms with van der Waals surface area (Å²) in [6, 6.07) is 81.3. The van der Waals surface area contributed by atoms with Gasteiger partial charge in [-0.25, -0.2) is 0 Å². The quantitative estimate of drug-likeness (QED) is 0.172. The van der Waals surface area contributed by atoms with Crippen LogP contribution in [0.5, 0.6) is 0 Å². The molecule has 0 fully saturated rings. The van der Waals surface area contributed by atoms with E-state index in [9.17, 15) is 15.8 Å². The van der Waals surface area contributed by atoms with Gasteiger partial charge in [-0.1, -0.05) is 146 Å². The van der Waals surface area contributed by atoms with Gasteiger partial charge in [0.15, 0.2) is 0 Å². The maximum atomic E-state index is 11.0. The van der Waals surface area contributed by atoms with Crippen molar-refractivity contribution in [2.24, 2.45) is 0 Å². The number of aromatic nitrogens is 4. The molecule has 0 atom stereocenters. The molecule has 4 aromatic heterocycles. The van der Waals surface area contributed by atoms with Crippen LogP contribution in [0, 0.1) is 34.0 Å². The van der Waals surface area contributed by atoms with E-state index < -0.39 is 0 Å². The van der Waals surface area contributed by atoms with Gasteiger partial charge in [0.25, 0.3) is 0 Å². The highest BCUT2D eigenvalue weighted by Gasteiger charge is 2.32. The highest BCUT2D eigenvalue weighted by molar-refractivity contribution is 6.16. The Labute approximate surface area is 400 Å². The fraction of sp³-hybridized carbons (Fsp3) is 0. The minimum Gasteiger partial charge on any atom is -0.307 e. The Balaban J connectivity index is 1.35. The zero-order chi connectivity index (χ0) is 46.6. The van der Waals surface area contributed by atoms with E-state index in [-0.39, 0.29) is 16.7 Å². The van der Waals surface area contributed by atoms with Crippen molar-refractivity contribution in [2.75, 3.05) is 0 Å². The standard InChI is InChI=1S/C63H35N7/c64-36-40-33-39(34-41(37-65)50(40)38-66)61-62(69-55-29-13-5-21-46(55)47-22-6-14-30-56(47)69)59(67-51-25-9-1-17-42(51)43-18-2-10-26-52(43)67)35-60(68-53-27-11-3-19-44(53)45-20-4-12-28-54(45)68)63(61)70-57-31-15-7-23-48(57)49-24-8-16-32-58(49)70/h1-35H.